The van der Waals surface area contributed by atoms with E-state index in [1.165, 1.54) is 30.5 Å². The molecule has 40 heavy (non-hydrogen) atoms. The van der Waals surface area contributed by atoms with Crippen LogP contribution in [0, 0.1) is 0 Å². The third-order valence-corrected chi connectivity index (χ3v) is 7.67. The van der Waals surface area contributed by atoms with E-state index in [2.05, 4.69) is 10.3 Å². The number of nitrogens with zero attached hydrogens (tertiary/aromatic N) is 2. The van der Waals surface area contributed by atoms with Crippen LogP contribution in [0.1, 0.15) is 43.1 Å². The Morgan fingerprint density at radius 3 is 2.65 bits per heavy atom. The van der Waals surface area contributed by atoms with Gasteiger partial charge in [0.15, 0.2) is 5.76 Å². The Morgan fingerprint density at radius 2 is 1.95 bits per heavy atom. The zero-order chi connectivity index (χ0) is 28.3. The molecular formula is C28H32ClF2N3O6. The largest absolute Gasteiger partial charge is 0.475 e. The predicted molar refractivity (Wildman–Crippen MR) is 142 cm³/mol. The Balaban J connectivity index is 1.29. The molecule has 2 aromatic heterocycles. The van der Waals surface area contributed by atoms with Crippen molar-refractivity contribution in [1.29, 1.82) is 0 Å². The molecule has 216 valence electrons. The lowest BCUT2D eigenvalue weighted by molar-refractivity contribution is -0.151. The molecule has 5 rings (SSSR count). The topological polar surface area (TPSA) is 117 Å². The Bertz CT molecular complexity index is 1310. The molecule has 0 aliphatic carbocycles. The van der Waals surface area contributed by atoms with Crippen LogP contribution in [-0.2, 0) is 15.5 Å². The molecule has 2 aliphatic heterocycles. The minimum atomic E-state index is -3.99. The maximum Gasteiger partial charge on any atom is 0.380 e. The van der Waals surface area contributed by atoms with Gasteiger partial charge in [0, 0.05) is 60.8 Å². The smallest absolute Gasteiger partial charge is 0.380 e. The first-order valence-corrected chi connectivity index (χ1v) is 13.7. The summed E-state index contributed by atoms with van der Waals surface area (Å²) >= 11 is 5.95. The lowest BCUT2D eigenvalue weighted by Gasteiger charge is -2.31. The number of aromatic nitrogens is 1. The van der Waals surface area contributed by atoms with Crippen LogP contribution in [0.2, 0.25) is 5.02 Å². The summed E-state index contributed by atoms with van der Waals surface area (Å²) < 4.78 is 46.7. The highest BCUT2D eigenvalue weighted by molar-refractivity contribution is 6.31. The zero-order valence-corrected chi connectivity index (χ0v) is 22.6. The number of aliphatic hydroxyl groups excluding tert-OH is 1. The monoisotopic (exact) mass is 579 g/mol. The highest BCUT2D eigenvalue weighted by Crippen LogP contribution is 2.34. The van der Waals surface area contributed by atoms with E-state index in [-0.39, 0.29) is 24.6 Å². The number of nitrogens with one attached hydrogen (secondary N) is 1. The second kappa shape index (κ2) is 12.0. The first-order chi connectivity index (χ1) is 19.1. The van der Waals surface area contributed by atoms with E-state index in [0.29, 0.717) is 42.0 Å². The van der Waals surface area contributed by atoms with Crippen molar-refractivity contribution in [2.24, 2.45) is 0 Å². The Hall–Kier alpha value is -2.83. The molecule has 9 nitrogen and oxygen atoms in total. The SMILES string of the molecule is O=C(NC(CN1CCCC1)C(O)c1ccc(OCC2(O)CCOCC2)nc1)C(F)(F)c1cc2cc(Cl)ccc2o1. The molecule has 2 aliphatic rings. The van der Waals surface area contributed by atoms with Crippen LogP contribution in [0.15, 0.2) is 47.0 Å². The van der Waals surface area contributed by atoms with Gasteiger partial charge in [0.05, 0.1) is 6.04 Å². The molecule has 2 unspecified atom stereocenters. The minimum absolute atomic E-state index is 0.0436. The van der Waals surface area contributed by atoms with E-state index in [9.17, 15) is 15.0 Å². The first-order valence-electron chi connectivity index (χ1n) is 13.3. The molecule has 2 fully saturated rings. The number of carbonyl (C=O) groups excluding carboxylic acids is 1. The molecule has 3 aromatic rings. The number of halogens is 3. The van der Waals surface area contributed by atoms with Gasteiger partial charge in [-0.05, 0) is 56.3 Å². The predicted octanol–water partition coefficient (Wildman–Crippen LogP) is 3.81. The lowest BCUT2D eigenvalue weighted by atomic mass is 9.96. The third-order valence-electron chi connectivity index (χ3n) is 7.44. The van der Waals surface area contributed by atoms with Crippen molar-refractivity contribution in [1.82, 2.24) is 15.2 Å². The summed E-state index contributed by atoms with van der Waals surface area (Å²) in [6.45, 7) is 2.59. The van der Waals surface area contributed by atoms with E-state index >= 15 is 8.78 Å². The maximum atomic E-state index is 15.3. The number of likely N-dealkylation sites (tertiary alicyclic amines) is 1. The number of hydrogen-bond donors (Lipinski definition) is 3. The normalized spacial score (nSPS) is 19.4. The van der Waals surface area contributed by atoms with E-state index in [1.54, 1.807) is 6.07 Å². The van der Waals surface area contributed by atoms with E-state index in [1.807, 2.05) is 4.90 Å². The molecule has 3 N–H and O–H groups in total. The standard InChI is InChI=1S/C28H32ClF2N3O6/c29-20-4-5-22-19(13-20)14-23(40-22)28(30,31)26(36)33-21(16-34-9-1-2-10-34)25(35)18-3-6-24(32-15-18)39-17-27(37)7-11-38-12-8-27/h3-6,13-15,21,25,35,37H,1-2,7-12,16-17H2,(H,33,36). The van der Waals surface area contributed by atoms with Gasteiger partial charge in [0.2, 0.25) is 5.88 Å². The summed E-state index contributed by atoms with van der Waals surface area (Å²) in [4.78, 5) is 19.1. The molecule has 12 heteroatoms. The molecule has 2 atom stereocenters. The highest BCUT2D eigenvalue weighted by Gasteiger charge is 2.46. The fraction of sp³-hybridized carbons (Fsp3) is 0.500. The molecular weight excluding hydrogens is 548 g/mol. The number of aliphatic hydroxyl groups is 2. The van der Waals surface area contributed by atoms with E-state index in [0.717, 1.165) is 32.0 Å². The number of hydrogen-bond acceptors (Lipinski definition) is 8. The van der Waals surface area contributed by atoms with Crippen LogP contribution in [-0.4, -0.2) is 77.1 Å². The van der Waals surface area contributed by atoms with Gasteiger partial charge in [-0.25, -0.2) is 4.98 Å². The molecule has 1 aromatic carbocycles. The van der Waals surface area contributed by atoms with Crippen molar-refractivity contribution in [3.05, 3.63) is 58.9 Å². The summed E-state index contributed by atoms with van der Waals surface area (Å²) in [7, 11) is 0. The molecule has 0 bridgehead atoms. The van der Waals surface area contributed by atoms with Crippen molar-refractivity contribution in [3.8, 4) is 5.88 Å². The van der Waals surface area contributed by atoms with Gasteiger partial charge in [0.1, 0.15) is 23.9 Å². The van der Waals surface area contributed by atoms with Crippen molar-refractivity contribution in [3.63, 3.8) is 0 Å². The zero-order valence-electron chi connectivity index (χ0n) is 21.8. The Labute approximate surface area is 235 Å². The van der Waals surface area contributed by atoms with Crippen molar-refractivity contribution >= 4 is 28.5 Å². The summed E-state index contributed by atoms with van der Waals surface area (Å²) in [6, 6.07) is 7.57. The third kappa shape index (κ3) is 6.55. The summed E-state index contributed by atoms with van der Waals surface area (Å²) in [5.74, 6) is -6.15. The number of benzene rings is 1. The Kier molecular flexibility index (Phi) is 8.58. The average molecular weight is 580 g/mol. The second-order valence-corrected chi connectivity index (χ2v) is 10.9. The first kappa shape index (κ1) is 28.7. The fourth-order valence-corrected chi connectivity index (χ4v) is 5.18. The highest BCUT2D eigenvalue weighted by atomic mass is 35.5. The number of ether oxygens (including phenoxy) is 2. The molecule has 2 saturated heterocycles. The van der Waals surface area contributed by atoms with Gasteiger partial charge in [0.25, 0.3) is 5.91 Å². The molecule has 4 heterocycles. The van der Waals surface area contributed by atoms with Crippen LogP contribution >= 0.6 is 11.6 Å². The van der Waals surface area contributed by atoms with Crippen molar-refractivity contribution in [2.75, 3.05) is 39.5 Å². The molecule has 1 amide bonds. The quantitative estimate of drug-likeness (QED) is 0.332. The van der Waals surface area contributed by atoms with Gasteiger partial charge in [-0.15, -0.1) is 0 Å². The Morgan fingerprint density at radius 1 is 1.20 bits per heavy atom. The van der Waals surface area contributed by atoms with Crippen LogP contribution in [0.25, 0.3) is 11.0 Å². The van der Waals surface area contributed by atoms with Crippen molar-refractivity contribution in [2.45, 2.75) is 49.4 Å². The lowest BCUT2D eigenvalue weighted by Crippen LogP contribution is -2.50. The van der Waals surface area contributed by atoms with Crippen molar-refractivity contribution < 1.29 is 37.7 Å². The maximum absolute atomic E-state index is 15.3. The summed E-state index contributed by atoms with van der Waals surface area (Å²) in [6.07, 6.45) is 2.85. The minimum Gasteiger partial charge on any atom is -0.475 e. The number of furan rings is 1. The second-order valence-electron chi connectivity index (χ2n) is 10.5. The average Bonchev–Trinajstić information content (AvgIpc) is 3.62. The van der Waals surface area contributed by atoms with Gasteiger partial charge in [-0.1, -0.05) is 11.6 Å². The number of carbonyl (C=O) groups is 1. The number of rotatable bonds is 10. The van der Waals surface area contributed by atoms with Crippen LogP contribution in [0.4, 0.5) is 8.78 Å². The van der Waals surface area contributed by atoms with Crippen LogP contribution in [0.3, 0.4) is 0 Å². The number of amides is 1. The van der Waals surface area contributed by atoms with Crippen LogP contribution < -0.4 is 10.1 Å². The van der Waals surface area contributed by atoms with Crippen LogP contribution in [0.5, 0.6) is 5.88 Å². The van der Waals surface area contributed by atoms with E-state index < -0.39 is 35.3 Å². The number of alkyl halides is 2. The van der Waals surface area contributed by atoms with Gasteiger partial charge >= 0.3 is 5.92 Å². The molecule has 0 spiro atoms. The fourth-order valence-electron chi connectivity index (χ4n) is 5.00. The molecule has 0 radical (unpaired) electrons. The summed E-state index contributed by atoms with van der Waals surface area (Å²) in [5.41, 5.74) is -0.498. The van der Waals surface area contributed by atoms with E-state index in [4.69, 9.17) is 25.5 Å². The molecule has 0 saturated carbocycles. The number of fused-ring (bicyclic) bond motifs is 1. The van der Waals surface area contributed by atoms with Gasteiger partial charge < -0.3 is 34.3 Å². The number of pyridine rings is 1. The van der Waals surface area contributed by atoms with Gasteiger partial charge in [-0.2, -0.15) is 8.78 Å². The van der Waals surface area contributed by atoms with Gasteiger partial charge in [-0.3, -0.25) is 4.79 Å². The summed E-state index contributed by atoms with van der Waals surface area (Å²) in [5, 5.41) is 24.8.